The minimum absolute atomic E-state index is 0.128. The zero-order valence-electron chi connectivity index (χ0n) is 16.0. The van der Waals surface area contributed by atoms with Gasteiger partial charge in [-0.25, -0.2) is 8.78 Å². The molecule has 4 nitrogen and oxygen atoms in total. The molecule has 0 aliphatic heterocycles. The van der Waals surface area contributed by atoms with Gasteiger partial charge in [0.25, 0.3) is 5.88 Å². The van der Waals surface area contributed by atoms with E-state index in [9.17, 15) is 8.78 Å². The lowest BCUT2D eigenvalue weighted by molar-refractivity contribution is 0.244. The maximum absolute atomic E-state index is 14.2. The van der Waals surface area contributed by atoms with Crippen molar-refractivity contribution in [1.82, 2.24) is 10.2 Å². The third-order valence-electron chi connectivity index (χ3n) is 4.39. The van der Waals surface area contributed by atoms with E-state index >= 15 is 0 Å². The van der Waals surface area contributed by atoms with Crippen LogP contribution in [0.4, 0.5) is 8.78 Å². The number of nitrogens with zero attached hydrogens (tertiary/aromatic N) is 2. The van der Waals surface area contributed by atoms with E-state index in [1.807, 2.05) is 60.7 Å². The van der Waals surface area contributed by atoms with Crippen LogP contribution in [0.15, 0.2) is 84.9 Å². The van der Waals surface area contributed by atoms with Gasteiger partial charge in [0.05, 0.1) is 5.69 Å². The smallest absolute Gasteiger partial charge is 0.276 e. The van der Waals surface area contributed by atoms with Crippen LogP contribution in [0.2, 0.25) is 0 Å². The zero-order valence-corrected chi connectivity index (χ0v) is 16.0. The summed E-state index contributed by atoms with van der Waals surface area (Å²) in [6.45, 7) is 0.557. The van der Waals surface area contributed by atoms with Crippen molar-refractivity contribution < 1.29 is 18.3 Å². The molecule has 150 valence electrons. The van der Waals surface area contributed by atoms with E-state index in [-0.39, 0.29) is 30.4 Å². The molecular weight excluding hydrogens is 386 g/mol. The Morgan fingerprint density at radius 2 is 1.30 bits per heavy atom. The molecule has 4 rings (SSSR count). The van der Waals surface area contributed by atoms with Crippen molar-refractivity contribution in [2.45, 2.75) is 13.2 Å². The predicted molar refractivity (Wildman–Crippen MR) is 109 cm³/mol. The molecule has 4 aromatic rings. The van der Waals surface area contributed by atoms with Gasteiger partial charge in [-0.15, -0.1) is 10.2 Å². The Bertz CT molecular complexity index is 1120. The first-order valence-corrected chi connectivity index (χ1v) is 9.35. The van der Waals surface area contributed by atoms with Crippen LogP contribution < -0.4 is 9.47 Å². The second-order valence-electron chi connectivity index (χ2n) is 6.57. The number of rotatable bonds is 7. The molecule has 0 amide bonds. The van der Waals surface area contributed by atoms with Crippen LogP contribution in [-0.4, -0.2) is 10.2 Å². The van der Waals surface area contributed by atoms with Crippen molar-refractivity contribution >= 4 is 0 Å². The van der Waals surface area contributed by atoms with Crippen LogP contribution in [0.5, 0.6) is 11.6 Å². The average Bonchev–Trinajstić information content (AvgIpc) is 2.78. The highest BCUT2D eigenvalue weighted by Crippen LogP contribution is 2.31. The highest BCUT2D eigenvalue weighted by Gasteiger charge is 2.15. The quantitative estimate of drug-likeness (QED) is 0.403. The van der Waals surface area contributed by atoms with E-state index in [4.69, 9.17) is 9.47 Å². The van der Waals surface area contributed by atoms with Crippen LogP contribution in [-0.2, 0) is 13.2 Å². The van der Waals surface area contributed by atoms with E-state index in [1.54, 1.807) is 6.07 Å². The fraction of sp³-hybridized carbons (Fsp3) is 0.0833. The van der Waals surface area contributed by atoms with Crippen molar-refractivity contribution in [3.05, 3.63) is 108 Å². The summed E-state index contributed by atoms with van der Waals surface area (Å²) < 4.78 is 39.2. The van der Waals surface area contributed by atoms with E-state index < -0.39 is 11.6 Å². The van der Waals surface area contributed by atoms with Crippen LogP contribution in [0.3, 0.4) is 0 Å². The molecule has 0 radical (unpaired) electrons. The molecule has 0 bridgehead atoms. The maximum Gasteiger partial charge on any atom is 0.276 e. The summed E-state index contributed by atoms with van der Waals surface area (Å²) in [7, 11) is 0. The first kappa shape index (κ1) is 19.5. The van der Waals surface area contributed by atoms with Gasteiger partial charge in [0.2, 0.25) is 0 Å². The minimum atomic E-state index is -0.726. The zero-order chi connectivity index (χ0) is 20.8. The fourth-order valence-corrected chi connectivity index (χ4v) is 2.86. The Morgan fingerprint density at radius 1 is 0.667 bits per heavy atom. The molecule has 0 saturated carbocycles. The molecule has 30 heavy (non-hydrogen) atoms. The normalized spacial score (nSPS) is 10.6. The molecule has 0 fully saturated rings. The summed E-state index contributed by atoms with van der Waals surface area (Å²) in [5.41, 5.74) is 2.27. The van der Waals surface area contributed by atoms with E-state index in [2.05, 4.69) is 10.2 Å². The van der Waals surface area contributed by atoms with Gasteiger partial charge in [-0.3, -0.25) is 0 Å². The predicted octanol–water partition coefficient (Wildman–Crippen LogP) is 5.58. The van der Waals surface area contributed by atoms with Crippen molar-refractivity contribution in [1.29, 1.82) is 0 Å². The van der Waals surface area contributed by atoms with Gasteiger partial charge in [0, 0.05) is 17.7 Å². The third-order valence-corrected chi connectivity index (χ3v) is 4.39. The molecule has 1 aromatic heterocycles. The molecule has 0 N–H and O–H groups in total. The number of aromatic nitrogens is 2. The summed E-state index contributed by atoms with van der Waals surface area (Å²) in [6, 6.07) is 24.1. The largest absolute Gasteiger partial charge is 0.483 e. The van der Waals surface area contributed by atoms with Gasteiger partial charge in [0.1, 0.15) is 24.8 Å². The highest BCUT2D eigenvalue weighted by molar-refractivity contribution is 5.62. The van der Waals surface area contributed by atoms with E-state index in [1.165, 1.54) is 12.1 Å². The first-order chi connectivity index (χ1) is 14.7. The molecule has 1 heterocycles. The molecule has 0 saturated heterocycles. The summed E-state index contributed by atoms with van der Waals surface area (Å²) in [5, 5.41) is 8.14. The number of hydrogen-bond donors (Lipinski definition) is 0. The maximum atomic E-state index is 14.2. The van der Waals surface area contributed by atoms with Gasteiger partial charge in [0.15, 0.2) is 5.75 Å². The molecule has 3 aromatic carbocycles. The lowest BCUT2D eigenvalue weighted by Gasteiger charge is -2.13. The van der Waals surface area contributed by atoms with Gasteiger partial charge in [-0.1, -0.05) is 60.7 Å². The Balaban J connectivity index is 1.62. The lowest BCUT2D eigenvalue weighted by Crippen LogP contribution is -2.04. The Kier molecular flexibility index (Phi) is 5.94. The van der Waals surface area contributed by atoms with Gasteiger partial charge >= 0.3 is 0 Å². The summed E-state index contributed by atoms with van der Waals surface area (Å²) in [4.78, 5) is 0. The lowest BCUT2D eigenvalue weighted by atomic mass is 10.1. The molecule has 0 aliphatic carbocycles. The molecular formula is C24H18F2N2O2. The molecule has 0 spiro atoms. The van der Waals surface area contributed by atoms with Gasteiger partial charge < -0.3 is 9.47 Å². The van der Waals surface area contributed by atoms with Crippen LogP contribution >= 0.6 is 0 Å². The summed E-state index contributed by atoms with van der Waals surface area (Å²) >= 11 is 0. The average molecular weight is 404 g/mol. The van der Waals surface area contributed by atoms with Crippen molar-refractivity contribution in [3.63, 3.8) is 0 Å². The monoisotopic (exact) mass is 404 g/mol. The minimum Gasteiger partial charge on any atom is -0.483 e. The Hall–Kier alpha value is -3.80. The fourth-order valence-electron chi connectivity index (χ4n) is 2.86. The summed E-state index contributed by atoms with van der Waals surface area (Å²) in [5.74, 6) is -0.867. The number of ether oxygens (including phenoxy) is 2. The number of halogens is 2. The van der Waals surface area contributed by atoms with E-state index in [0.29, 0.717) is 5.75 Å². The molecule has 0 unspecified atom stereocenters. The molecule has 0 aliphatic rings. The molecule has 6 heteroatoms. The number of hydrogen-bond acceptors (Lipinski definition) is 4. The number of benzene rings is 3. The Labute approximate surface area is 172 Å². The van der Waals surface area contributed by atoms with Crippen molar-refractivity contribution in [3.8, 4) is 22.9 Å². The van der Waals surface area contributed by atoms with Crippen molar-refractivity contribution in [2.24, 2.45) is 0 Å². The van der Waals surface area contributed by atoms with Crippen LogP contribution in [0.1, 0.15) is 11.1 Å². The first-order valence-electron chi connectivity index (χ1n) is 9.35. The Morgan fingerprint density at radius 3 is 1.93 bits per heavy atom. The van der Waals surface area contributed by atoms with Gasteiger partial charge in [-0.2, -0.15) is 0 Å². The van der Waals surface area contributed by atoms with E-state index in [0.717, 1.165) is 17.2 Å². The van der Waals surface area contributed by atoms with Crippen LogP contribution in [0.25, 0.3) is 11.3 Å². The second kappa shape index (κ2) is 9.13. The third kappa shape index (κ3) is 4.78. The molecule has 0 atom stereocenters. The standard InChI is InChI=1S/C24H18F2N2O2/c25-19-11-12-20(21(26)13-19)22-14-23(29-15-17-7-3-1-4-8-17)24(28-27-22)30-16-18-9-5-2-6-10-18/h1-14H,15-16H2. The van der Waals surface area contributed by atoms with Gasteiger partial charge in [-0.05, 0) is 23.3 Å². The van der Waals surface area contributed by atoms with Crippen LogP contribution in [0, 0.1) is 11.6 Å². The summed E-state index contributed by atoms with van der Waals surface area (Å²) in [6.07, 6.45) is 0. The van der Waals surface area contributed by atoms with Crippen molar-refractivity contribution in [2.75, 3.05) is 0 Å². The second-order valence-corrected chi connectivity index (χ2v) is 6.57. The SMILES string of the molecule is Fc1ccc(-c2cc(OCc3ccccc3)c(OCc3ccccc3)nn2)c(F)c1. The topological polar surface area (TPSA) is 44.2 Å². The highest BCUT2D eigenvalue weighted by atomic mass is 19.1.